The normalized spacial score (nSPS) is 12.7. The number of hydrogen-bond donors (Lipinski definition) is 0. The topological polar surface area (TPSA) is 86.9 Å². The largest absolute Gasteiger partial charge is 0.343 e. The van der Waals surface area contributed by atoms with Gasteiger partial charge in [0.2, 0.25) is 11.6 Å². The van der Waals surface area contributed by atoms with Crippen LogP contribution in [0.4, 0.5) is 0 Å². The number of nitrogens with zero attached hydrogens (tertiary/aromatic N) is 4. The van der Waals surface area contributed by atoms with Crippen LogP contribution in [0.1, 0.15) is 44.2 Å². The molecule has 0 aliphatic carbocycles. The zero-order valence-corrected chi connectivity index (χ0v) is 20.8. The van der Waals surface area contributed by atoms with E-state index in [1.807, 2.05) is 0 Å². The fraction of sp³-hybridized carbons (Fsp3) is 0.222. The number of hydrogen-bond acceptors (Lipinski definition) is 5. The summed E-state index contributed by atoms with van der Waals surface area (Å²) < 4.78 is 3.44. The first kappa shape index (κ1) is 25.5. The zero-order chi connectivity index (χ0) is 25.5. The highest BCUT2D eigenvalue weighted by Crippen LogP contribution is 2.30. The second-order valence-corrected chi connectivity index (χ2v) is 8.83. The average Bonchev–Trinajstić information content (AvgIpc) is 3.56. The number of halogens is 2. The van der Waals surface area contributed by atoms with Gasteiger partial charge in [0.05, 0.1) is 24.9 Å². The van der Waals surface area contributed by atoms with Gasteiger partial charge in [-0.3, -0.25) is 24.4 Å². The van der Waals surface area contributed by atoms with Gasteiger partial charge in [-0.25, -0.2) is 0 Å². The number of rotatable bonds is 12. The molecular weight excluding hydrogens is 499 g/mol. The van der Waals surface area contributed by atoms with Gasteiger partial charge in [-0.2, -0.15) is 0 Å². The maximum Gasteiger partial charge on any atom is 0.200 e. The quantitative estimate of drug-likeness (QED) is 0.198. The Balaban J connectivity index is 1.55. The molecule has 4 aromatic rings. The van der Waals surface area contributed by atoms with E-state index in [2.05, 4.69) is 9.97 Å². The molecule has 9 heteroatoms. The van der Waals surface area contributed by atoms with E-state index in [1.54, 1.807) is 94.6 Å². The first-order chi connectivity index (χ1) is 17.5. The van der Waals surface area contributed by atoms with Crippen LogP contribution in [0.15, 0.2) is 85.5 Å². The van der Waals surface area contributed by atoms with Crippen molar-refractivity contribution in [3.8, 4) is 0 Å². The standard InChI is InChI=1S/C27H24Cl2N4O3/c28-15-19(23-9-5-13-32(23)17-25(34)21-7-1-3-11-30-21)27(36)20(16-29)24-10-6-14-33(24)18-26(35)22-8-2-4-12-31-22/h1-14,19-20H,15-18H2. The first-order valence-corrected chi connectivity index (χ1v) is 12.4. The van der Waals surface area contributed by atoms with E-state index in [0.29, 0.717) is 22.8 Å². The predicted octanol–water partition coefficient (Wildman–Crippen LogP) is 4.76. The highest BCUT2D eigenvalue weighted by Gasteiger charge is 2.32. The Morgan fingerprint density at radius 3 is 1.47 bits per heavy atom. The van der Waals surface area contributed by atoms with Crippen molar-refractivity contribution in [2.75, 3.05) is 11.8 Å². The van der Waals surface area contributed by atoms with Gasteiger partial charge in [0, 0.05) is 47.9 Å². The SMILES string of the molecule is O=C(Cn1cccc1C(CCl)C(=O)C(CCl)c1cccn1CC(=O)c1ccccn1)c1ccccn1. The van der Waals surface area contributed by atoms with Gasteiger partial charge >= 0.3 is 0 Å². The summed E-state index contributed by atoms with van der Waals surface area (Å²) in [7, 11) is 0. The maximum atomic E-state index is 13.7. The summed E-state index contributed by atoms with van der Waals surface area (Å²) in [6.07, 6.45) is 6.61. The van der Waals surface area contributed by atoms with Gasteiger partial charge in [-0.05, 0) is 48.5 Å². The Kier molecular flexibility index (Phi) is 8.46. The molecule has 4 heterocycles. The van der Waals surface area contributed by atoms with Crippen molar-refractivity contribution >= 4 is 40.6 Å². The van der Waals surface area contributed by atoms with Crippen molar-refractivity contribution in [3.05, 3.63) is 108 Å². The molecule has 36 heavy (non-hydrogen) atoms. The molecule has 184 valence electrons. The minimum Gasteiger partial charge on any atom is -0.343 e. The van der Waals surface area contributed by atoms with Gasteiger partial charge in [-0.15, -0.1) is 23.2 Å². The van der Waals surface area contributed by atoms with Gasteiger partial charge in [0.15, 0.2) is 5.78 Å². The maximum absolute atomic E-state index is 13.7. The summed E-state index contributed by atoms with van der Waals surface area (Å²) in [5, 5.41) is 0. The number of Topliss-reactive ketones (excluding diaryl/α,β-unsaturated/α-hetero) is 3. The lowest BCUT2D eigenvalue weighted by Gasteiger charge is -2.22. The summed E-state index contributed by atoms with van der Waals surface area (Å²) in [5.74, 6) is -1.90. The van der Waals surface area contributed by atoms with Crippen LogP contribution in [0.5, 0.6) is 0 Å². The van der Waals surface area contributed by atoms with Crippen LogP contribution in [-0.4, -0.2) is 48.2 Å². The third-order valence-corrected chi connectivity index (χ3v) is 6.59. The number of carbonyl (C=O) groups is 3. The highest BCUT2D eigenvalue weighted by molar-refractivity contribution is 6.22. The number of carbonyl (C=O) groups excluding carboxylic acids is 3. The fourth-order valence-corrected chi connectivity index (χ4v) is 4.77. The fourth-order valence-electron chi connectivity index (χ4n) is 4.15. The van der Waals surface area contributed by atoms with E-state index in [0.717, 1.165) is 0 Å². The summed E-state index contributed by atoms with van der Waals surface area (Å²) in [6.45, 7) is 0.0566. The van der Waals surface area contributed by atoms with Crippen molar-refractivity contribution in [2.24, 2.45) is 0 Å². The number of alkyl halides is 2. The van der Waals surface area contributed by atoms with E-state index < -0.39 is 11.8 Å². The third kappa shape index (κ3) is 5.64. The van der Waals surface area contributed by atoms with Crippen LogP contribution in [0.25, 0.3) is 0 Å². The summed E-state index contributed by atoms with van der Waals surface area (Å²) in [4.78, 5) is 47.4. The summed E-state index contributed by atoms with van der Waals surface area (Å²) >= 11 is 12.6. The van der Waals surface area contributed by atoms with E-state index in [-0.39, 0.29) is 42.2 Å². The van der Waals surface area contributed by atoms with Crippen LogP contribution in [0.3, 0.4) is 0 Å². The molecule has 0 aliphatic heterocycles. The monoisotopic (exact) mass is 522 g/mol. The Morgan fingerprint density at radius 1 is 0.667 bits per heavy atom. The van der Waals surface area contributed by atoms with E-state index in [1.165, 1.54) is 0 Å². The molecule has 2 unspecified atom stereocenters. The molecule has 0 radical (unpaired) electrons. The van der Waals surface area contributed by atoms with E-state index >= 15 is 0 Å². The van der Waals surface area contributed by atoms with E-state index in [4.69, 9.17) is 23.2 Å². The summed E-state index contributed by atoms with van der Waals surface area (Å²) in [6, 6.07) is 17.4. The lowest BCUT2D eigenvalue weighted by molar-refractivity contribution is -0.121. The smallest absolute Gasteiger partial charge is 0.200 e. The number of pyridine rings is 2. The Morgan fingerprint density at radius 2 is 1.11 bits per heavy atom. The molecule has 0 saturated heterocycles. The molecule has 0 aromatic carbocycles. The van der Waals surface area contributed by atoms with E-state index in [9.17, 15) is 14.4 Å². The zero-order valence-electron chi connectivity index (χ0n) is 19.3. The highest BCUT2D eigenvalue weighted by atomic mass is 35.5. The van der Waals surface area contributed by atoms with Crippen LogP contribution >= 0.6 is 23.2 Å². The van der Waals surface area contributed by atoms with Crippen molar-refractivity contribution < 1.29 is 14.4 Å². The van der Waals surface area contributed by atoms with Crippen molar-refractivity contribution in [2.45, 2.75) is 24.9 Å². The minimum absolute atomic E-state index is 0.0155. The van der Waals surface area contributed by atoms with Crippen LogP contribution in [0, 0.1) is 0 Å². The van der Waals surface area contributed by atoms with Gasteiger partial charge in [0.25, 0.3) is 0 Å². The Labute approximate surface area is 218 Å². The van der Waals surface area contributed by atoms with Gasteiger partial charge < -0.3 is 9.13 Å². The molecule has 7 nitrogen and oxygen atoms in total. The van der Waals surface area contributed by atoms with Gasteiger partial charge in [0.1, 0.15) is 11.4 Å². The first-order valence-electron chi connectivity index (χ1n) is 11.4. The predicted molar refractivity (Wildman–Crippen MR) is 138 cm³/mol. The molecule has 0 amide bonds. The van der Waals surface area contributed by atoms with Crippen LogP contribution in [0.2, 0.25) is 0 Å². The Bertz CT molecular complexity index is 1230. The third-order valence-electron chi connectivity index (χ3n) is 5.97. The molecule has 2 atom stereocenters. The molecule has 4 aromatic heterocycles. The molecule has 0 aliphatic rings. The molecule has 0 spiro atoms. The molecule has 0 bridgehead atoms. The van der Waals surface area contributed by atoms with Gasteiger partial charge in [-0.1, -0.05) is 12.1 Å². The second kappa shape index (κ2) is 11.9. The number of ketones is 3. The van der Waals surface area contributed by atoms with Crippen molar-refractivity contribution in [1.82, 2.24) is 19.1 Å². The summed E-state index contributed by atoms with van der Waals surface area (Å²) in [5.41, 5.74) is 1.94. The lowest BCUT2D eigenvalue weighted by atomic mass is 9.90. The molecule has 0 fully saturated rings. The van der Waals surface area contributed by atoms with Crippen molar-refractivity contribution in [1.29, 1.82) is 0 Å². The molecule has 0 saturated carbocycles. The van der Waals surface area contributed by atoms with Crippen LogP contribution < -0.4 is 0 Å². The Hall–Kier alpha value is -3.55. The number of aromatic nitrogens is 4. The average molecular weight is 523 g/mol. The van der Waals surface area contributed by atoms with Crippen molar-refractivity contribution in [3.63, 3.8) is 0 Å². The lowest BCUT2D eigenvalue weighted by Crippen LogP contribution is -2.28. The molecule has 0 N–H and O–H groups in total. The minimum atomic E-state index is -0.697. The molecular formula is C27H24Cl2N4O3. The van der Waals surface area contributed by atoms with Crippen LogP contribution in [-0.2, 0) is 17.9 Å². The molecule has 4 rings (SSSR count). The second-order valence-electron chi connectivity index (χ2n) is 8.21.